The molecule has 92 valence electrons. The van der Waals surface area contributed by atoms with Gasteiger partial charge in [-0.1, -0.05) is 13.8 Å². The van der Waals surface area contributed by atoms with Gasteiger partial charge in [0.05, 0.1) is 31.1 Å². The van der Waals surface area contributed by atoms with E-state index in [4.69, 9.17) is 15.3 Å². The number of hydrogen-bond acceptors (Lipinski definition) is 4. The van der Waals surface area contributed by atoms with Gasteiger partial charge in [0, 0.05) is 0 Å². The molecule has 0 unspecified atom stereocenters. The fraction of sp³-hybridized carbons (Fsp3) is 0.800. The molecule has 0 radical (unpaired) electrons. The summed E-state index contributed by atoms with van der Waals surface area (Å²) in [5.41, 5.74) is -0.564. The monoisotopic (exact) mass is 231 g/mol. The van der Waals surface area contributed by atoms with E-state index >= 15 is 0 Å². The van der Waals surface area contributed by atoms with Crippen molar-refractivity contribution in [3.63, 3.8) is 0 Å². The zero-order valence-electron chi connectivity index (χ0n) is 9.30. The number of aliphatic hydroxyl groups is 2. The molecule has 0 bridgehead atoms. The first-order valence-corrected chi connectivity index (χ1v) is 5.11. The van der Waals surface area contributed by atoms with Gasteiger partial charge in [-0.05, 0) is 5.41 Å². The molecule has 0 heterocycles. The third-order valence-corrected chi connectivity index (χ3v) is 3.16. The van der Waals surface area contributed by atoms with Gasteiger partial charge in [0.15, 0.2) is 0 Å². The number of nitrogens with one attached hydrogen (secondary N) is 1. The molecule has 0 aromatic carbocycles. The molecule has 4 N–H and O–H groups in total. The lowest BCUT2D eigenvalue weighted by Gasteiger charge is -2.13. The SMILES string of the molecule is CC1(C)[C@H](C(=O)O)[C@@H]1C(=O)NC(CO)CO. The number of carboxylic acid groups (broad SMARTS) is 1. The number of carbonyl (C=O) groups excluding carboxylic acids is 1. The lowest BCUT2D eigenvalue weighted by molar-refractivity contribution is -0.140. The molecule has 16 heavy (non-hydrogen) atoms. The summed E-state index contributed by atoms with van der Waals surface area (Å²) >= 11 is 0. The van der Waals surface area contributed by atoms with Gasteiger partial charge in [0.2, 0.25) is 5.91 Å². The fourth-order valence-electron chi connectivity index (χ4n) is 2.03. The molecule has 1 aliphatic rings. The van der Waals surface area contributed by atoms with Gasteiger partial charge >= 0.3 is 5.97 Å². The zero-order chi connectivity index (χ0) is 12.5. The van der Waals surface area contributed by atoms with Crippen LogP contribution in [-0.4, -0.2) is 46.5 Å². The fourth-order valence-corrected chi connectivity index (χ4v) is 2.03. The van der Waals surface area contributed by atoms with Crippen molar-refractivity contribution in [2.45, 2.75) is 19.9 Å². The van der Waals surface area contributed by atoms with Gasteiger partial charge < -0.3 is 20.6 Å². The van der Waals surface area contributed by atoms with E-state index in [9.17, 15) is 9.59 Å². The number of amides is 1. The van der Waals surface area contributed by atoms with Gasteiger partial charge in [-0.15, -0.1) is 0 Å². The molecule has 1 aliphatic carbocycles. The minimum absolute atomic E-state index is 0.368. The number of aliphatic hydroxyl groups excluding tert-OH is 2. The van der Waals surface area contributed by atoms with Gasteiger partial charge in [0.1, 0.15) is 0 Å². The van der Waals surface area contributed by atoms with Crippen molar-refractivity contribution in [3.8, 4) is 0 Å². The van der Waals surface area contributed by atoms with Crippen LogP contribution in [0.3, 0.4) is 0 Å². The lowest BCUT2D eigenvalue weighted by Crippen LogP contribution is -2.41. The maximum atomic E-state index is 11.7. The number of hydrogen-bond donors (Lipinski definition) is 4. The van der Waals surface area contributed by atoms with Crippen molar-refractivity contribution in [3.05, 3.63) is 0 Å². The van der Waals surface area contributed by atoms with Crippen LogP contribution < -0.4 is 5.32 Å². The van der Waals surface area contributed by atoms with Gasteiger partial charge in [-0.3, -0.25) is 9.59 Å². The molecule has 0 spiro atoms. The summed E-state index contributed by atoms with van der Waals surface area (Å²) in [4.78, 5) is 22.5. The maximum Gasteiger partial charge on any atom is 0.307 e. The summed E-state index contributed by atoms with van der Waals surface area (Å²) < 4.78 is 0. The Balaban J connectivity index is 2.60. The van der Waals surface area contributed by atoms with E-state index in [1.807, 2.05) is 0 Å². The molecule has 1 rings (SSSR count). The predicted octanol–water partition coefficient (Wildman–Crippen LogP) is -1.19. The molecule has 2 atom stereocenters. The quantitative estimate of drug-likeness (QED) is 0.476. The number of carboxylic acids is 1. The summed E-state index contributed by atoms with van der Waals surface area (Å²) in [7, 11) is 0. The Bertz CT molecular complexity index is 298. The highest BCUT2D eigenvalue weighted by atomic mass is 16.4. The summed E-state index contributed by atoms with van der Waals surface area (Å²) in [5.74, 6) is -2.70. The molecule has 0 aromatic rings. The van der Waals surface area contributed by atoms with E-state index < -0.39 is 35.2 Å². The summed E-state index contributed by atoms with van der Waals surface area (Å²) in [5, 5.41) is 28.9. The average Bonchev–Trinajstić information content (AvgIpc) is 2.78. The summed E-state index contributed by atoms with van der Waals surface area (Å²) in [6.07, 6.45) is 0. The first kappa shape index (κ1) is 12.9. The molecule has 1 fully saturated rings. The smallest absolute Gasteiger partial charge is 0.307 e. The van der Waals surface area contributed by atoms with Crippen molar-refractivity contribution >= 4 is 11.9 Å². The third kappa shape index (κ3) is 2.17. The van der Waals surface area contributed by atoms with Crippen LogP contribution in [0.15, 0.2) is 0 Å². The molecular formula is C10H17NO5. The molecular weight excluding hydrogens is 214 g/mol. The average molecular weight is 231 g/mol. The molecule has 1 amide bonds. The van der Waals surface area contributed by atoms with Crippen molar-refractivity contribution in [1.29, 1.82) is 0 Å². The number of rotatable bonds is 5. The Morgan fingerprint density at radius 3 is 2.06 bits per heavy atom. The molecule has 6 heteroatoms. The van der Waals surface area contributed by atoms with Crippen molar-refractivity contribution < 1.29 is 24.9 Å². The van der Waals surface area contributed by atoms with E-state index in [0.29, 0.717) is 0 Å². The Labute approximate surface area is 93.3 Å². The second-order valence-electron chi connectivity index (χ2n) is 4.69. The lowest BCUT2D eigenvalue weighted by atomic mass is 10.1. The Morgan fingerprint density at radius 1 is 1.25 bits per heavy atom. The van der Waals surface area contributed by atoms with E-state index in [0.717, 1.165) is 0 Å². The first-order valence-electron chi connectivity index (χ1n) is 5.11. The Morgan fingerprint density at radius 2 is 1.75 bits per heavy atom. The van der Waals surface area contributed by atoms with Crippen LogP contribution in [0.2, 0.25) is 0 Å². The van der Waals surface area contributed by atoms with Crippen LogP contribution in [0, 0.1) is 17.3 Å². The summed E-state index contributed by atoms with van der Waals surface area (Å²) in [6.45, 7) is 2.69. The van der Waals surface area contributed by atoms with Crippen LogP contribution in [0.25, 0.3) is 0 Å². The predicted molar refractivity (Wildman–Crippen MR) is 54.5 cm³/mol. The molecule has 0 aliphatic heterocycles. The second kappa shape index (κ2) is 4.39. The first-order chi connectivity index (χ1) is 7.36. The highest BCUT2D eigenvalue weighted by Gasteiger charge is 2.65. The van der Waals surface area contributed by atoms with E-state index in [1.54, 1.807) is 13.8 Å². The Kier molecular flexibility index (Phi) is 3.54. The highest BCUT2D eigenvalue weighted by Crippen LogP contribution is 2.58. The molecule has 0 saturated heterocycles. The highest BCUT2D eigenvalue weighted by molar-refractivity contribution is 5.91. The molecule has 1 saturated carbocycles. The minimum Gasteiger partial charge on any atom is -0.481 e. The van der Waals surface area contributed by atoms with E-state index in [2.05, 4.69) is 5.32 Å². The third-order valence-electron chi connectivity index (χ3n) is 3.16. The van der Waals surface area contributed by atoms with Crippen LogP contribution in [0.4, 0.5) is 0 Å². The largest absolute Gasteiger partial charge is 0.481 e. The van der Waals surface area contributed by atoms with Crippen molar-refractivity contribution in [2.75, 3.05) is 13.2 Å². The molecule has 6 nitrogen and oxygen atoms in total. The second-order valence-corrected chi connectivity index (χ2v) is 4.69. The zero-order valence-corrected chi connectivity index (χ0v) is 9.30. The Hall–Kier alpha value is -1.14. The number of carbonyl (C=O) groups is 2. The van der Waals surface area contributed by atoms with Gasteiger partial charge in [-0.2, -0.15) is 0 Å². The molecule has 0 aromatic heterocycles. The van der Waals surface area contributed by atoms with Crippen LogP contribution in [0.1, 0.15) is 13.8 Å². The van der Waals surface area contributed by atoms with Crippen LogP contribution in [0.5, 0.6) is 0 Å². The van der Waals surface area contributed by atoms with Crippen molar-refractivity contribution in [1.82, 2.24) is 5.32 Å². The normalized spacial score (nSPS) is 26.6. The van der Waals surface area contributed by atoms with Crippen LogP contribution in [-0.2, 0) is 9.59 Å². The summed E-state index contributed by atoms with van der Waals surface area (Å²) in [6, 6.07) is -0.724. The standard InChI is InChI=1S/C10H17NO5/c1-10(2)6(7(10)9(15)16)8(14)11-5(3-12)4-13/h5-7,12-13H,3-4H2,1-2H3,(H,11,14)(H,15,16)/t6-,7+/m1/s1. The number of aliphatic carboxylic acids is 1. The maximum absolute atomic E-state index is 11.7. The van der Waals surface area contributed by atoms with Gasteiger partial charge in [0.25, 0.3) is 0 Å². The van der Waals surface area contributed by atoms with Crippen LogP contribution >= 0.6 is 0 Å². The topological polar surface area (TPSA) is 107 Å². The van der Waals surface area contributed by atoms with E-state index in [-0.39, 0.29) is 13.2 Å². The van der Waals surface area contributed by atoms with Crippen molar-refractivity contribution in [2.24, 2.45) is 17.3 Å². The van der Waals surface area contributed by atoms with E-state index in [1.165, 1.54) is 0 Å². The minimum atomic E-state index is -0.991. The van der Waals surface area contributed by atoms with Gasteiger partial charge in [-0.25, -0.2) is 0 Å².